The molecule has 0 unspecified atom stereocenters. The molecule has 0 spiro atoms. The van der Waals surface area contributed by atoms with E-state index in [-0.39, 0.29) is 12.3 Å². The lowest BCUT2D eigenvalue weighted by molar-refractivity contribution is -0.121. The molecule has 1 fully saturated rings. The van der Waals surface area contributed by atoms with Gasteiger partial charge in [-0.3, -0.25) is 15.0 Å². The zero-order valence-electron chi connectivity index (χ0n) is 11.2. The molecule has 1 saturated heterocycles. The van der Waals surface area contributed by atoms with Gasteiger partial charge in [-0.15, -0.1) is 0 Å². The van der Waals surface area contributed by atoms with Crippen LogP contribution < -0.4 is 10.6 Å². The monoisotopic (exact) mass is 292 g/mol. The Balaban J connectivity index is 2.39. The highest BCUT2D eigenvalue weighted by atomic mass is 32.2. The molecule has 0 aromatic carbocycles. The molecule has 2 N–H and O–H groups in total. The average molecular weight is 292 g/mol. The summed E-state index contributed by atoms with van der Waals surface area (Å²) in [5.74, 6) is -0.310. The minimum Gasteiger partial charge on any atom is -0.341 e. The zero-order chi connectivity index (χ0) is 14.5. The first-order chi connectivity index (χ1) is 8.89. The third kappa shape index (κ3) is 4.77. The summed E-state index contributed by atoms with van der Waals surface area (Å²) >= 11 is 0. The van der Waals surface area contributed by atoms with E-state index in [9.17, 15) is 18.0 Å². The van der Waals surface area contributed by atoms with Gasteiger partial charge in [0.05, 0.1) is 12.3 Å². The van der Waals surface area contributed by atoms with Crippen molar-refractivity contribution in [2.24, 2.45) is 0 Å². The molecule has 1 rings (SSSR count). The molecule has 1 heterocycles. The van der Waals surface area contributed by atoms with Crippen LogP contribution in [0.1, 0.15) is 6.92 Å². The smallest absolute Gasteiger partial charge is 0.321 e. The number of hydrogen-bond donors (Lipinski definition) is 2. The Bertz CT molecular complexity index is 429. The fraction of sp³-hybridized carbons (Fsp3) is 0.800. The van der Waals surface area contributed by atoms with E-state index in [1.54, 1.807) is 6.92 Å². The largest absolute Gasteiger partial charge is 0.341 e. The fourth-order valence-corrected chi connectivity index (χ4v) is 2.86. The van der Waals surface area contributed by atoms with E-state index in [0.717, 1.165) is 0 Å². The first-order valence-corrected chi connectivity index (χ1v) is 7.71. The minimum atomic E-state index is -3.15. The summed E-state index contributed by atoms with van der Waals surface area (Å²) in [4.78, 5) is 24.2. The Morgan fingerprint density at radius 2 is 1.74 bits per heavy atom. The van der Waals surface area contributed by atoms with Crippen LogP contribution in [0.5, 0.6) is 0 Å². The number of nitrogens with one attached hydrogen (secondary N) is 2. The van der Waals surface area contributed by atoms with Crippen LogP contribution in [0.3, 0.4) is 0 Å². The molecule has 110 valence electrons. The van der Waals surface area contributed by atoms with Crippen LogP contribution in [0.4, 0.5) is 4.79 Å². The van der Waals surface area contributed by atoms with Gasteiger partial charge in [0.2, 0.25) is 15.9 Å². The molecular weight excluding hydrogens is 272 g/mol. The van der Waals surface area contributed by atoms with Gasteiger partial charge < -0.3 is 5.32 Å². The molecular formula is C10H20N4O4S. The van der Waals surface area contributed by atoms with Gasteiger partial charge in [0.1, 0.15) is 0 Å². The van der Waals surface area contributed by atoms with Crippen LogP contribution in [0, 0.1) is 0 Å². The highest BCUT2D eigenvalue weighted by Crippen LogP contribution is 2.07. The van der Waals surface area contributed by atoms with Gasteiger partial charge in [0.15, 0.2) is 0 Å². The van der Waals surface area contributed by atoms with E-state index in [1.165, 1.54) is 11.4 Å². The highest BCUT2D eigenvalue weighted by Gasteiger charge is 2.26. The second-order valence-electron chi connectivity index (χ2n) is 4.20. The number of carbonyl (C=O) groups is 2. The van der Waals surface area contributed by atoms with Crippen LogP contribution >= 0.6 is 0 Å². The van der Waals surface area contributed by atoms with Crippen molar-refractivity contribution in [3.05, 3.63) is 0 Å². The van der Waals surface area contributed by atoms with Crippen molar-refractivity contribution in [1.82, 2.24) is 19.8 Å². The van der Waals surface area contributed by atoms with E-state index >= 15 is 0 Å². The molecule has 1 aliphatic heterocycles. The van der Waals surface area contributed by atoms with Crippen molar-refractivity contribution >= 4 is 22.0 Å². The Labute approximate surface area is 113 Å². The number of sulfonamides is 1. The van der Waals surface area contributed by atoms with E-state index in [1.807, 2.05) is 4.90 Å². The van der Waals surface area contributed by atoms with E-state index in [0.29, 0.717) is 26.2 Å². The molecule has 0 saturated carbocycles. The lowest BCUT2D eigenvalue weighted by Gasteiger charge is -2.33. The molecule has 0 aromatic heterocycles. The minimum absolute atomic E-state index is 0.0875. The van der Waals surface area contributed by atoms with Crippen LogP contribution in [0.15, 0.2) is 0 Å². The molecule has 1 aliphatic rings. The molecule has 19 heavy (non-hydrogen) atoms. The second kappa shape index (κ2) is 6.83. The third-order valence-corrected chi connectivity index (χ3v) is 4.82. The predicted molar refractivity (Wildman–Crippen MR) is 70.1 cm³/mol. The van der Waals surface area contributed by atoms with Crippen molar-refractivity contribution in [2.75, 3.05) is 45.5 Å². The average Bonchev–Trinajstić information content (AvgIpc) is 2.39. The van der Waals surface area contributed by atoms with Crippen LogP contribution in [-0.2, 0) is 14.8 Å². The van der Waals surface area contributed by atoms with Gasteiger partial charge in [-0.1, -0.05) is 0 Å². The first kappa shape index (κ1) is 15.9. The van der Waals surface area contributed by atoms with E-state index < -0.39 is 22.0 Å². The van der Waals surface area contributed by atoms with Crippen molar-refractivity contribution in [3.63, 3.8) is 0 Å². The summed E-state index contributed by atoms with van der Waals surface area (Å²) in [5.41, 5.74) is 0. The summed E-state index contributed by atoms with van der Waals surface area (Å²) in [6.07, 6.45) is 0. The molecule has 0 bridgehead atoms. The number of urea groups is 1. The number of hydrogen-bond acceptors (Lipinski definition) is 5. The number of amides is 3. The number of piperazine rings is 1. The topological polar surface area (TPSA) is 98.8 Å². The number of carbonyl (C=O) groups excluding carboxylic acids is 2. The Morgan fingerprint density at radius 1 is 1.16 bits per heavy atom. The maximum Gasteiger partial charge on any atom is 0.321 e. The van der Waals surface area contributed by atoms with Crippen LogP contribution in [0.25, 0.3) is 0 Å². The quantitative estimate of drug-likeness (QED) is 0.651. The second-order valence-corrected chi connectivity index (χ2v) is 6.46. The molecule has 0 radical (unpaired) electrons. The van der Waals surface area contributed by atoms with Crippen molar-refractivity contribution < 1.29 is 18.0 Å². The molecule has 9 heteroatoms. The SMILES string of the molecule is CCS(=O)(=O)N1CCN(CC(=O)NC(=O)NC)CC1. The van der Waals surface area contributed by atoms with Gasteiger partial charge in [-0.25, -0.2) is 13.2 Å². The third-order valence-electron chi connectivity index (χ3n) is 2.94. The maximum absolute atomic E-state index is 11.6. The molecule has 0 aromatic rings. The summed E-state index contributed by atoms with van der Waals surface area (Å²) in [5, 5.41) is 4.46. The fourth-order valence-electron chi connectivity index (χ4n) is 1.78. The lowest BCUT2D eigenvalue weighted by atomic mass is 10.3. The zero-order valence-corrected chi connectivity index (χ0v) is 12.0. The number of nitrogens with zero attached hydrogens (tertiary/aromatic N) is 2. The van der Waals surface area contributed by atoms with Gasteiger partial charge in [-0.2, -0.15) is 4.31 Å². The predicted octanol–water partition coefficient (Wildman–Crippen LogP) is -1.59. The maximum atomic E-state index is 11.6. The van der Waals surface area contributed by atoms with Gasteiger partial charge >= 0.3 is 6.03 Å². The van der Waals surface area contributed by atoms with Gasteiger partial charge in [0, 0.05) is 33.2 Å². The van der Waals surface area contributed by atoms with Crippen molar-refractivity contribution in [1.29, 1.82) is 0 Å². The van der Waals surface area contributed by atoms with Crippen LogP contribution in [0.2, 0.25) is 0 Å². The van der Waals surface area contributed by atoms with Gasteiger partial charge in [-0.05, 0) is 6.92 Å². The summed E-state index contributed by atoms with van der Waals surface area (Å²) in [6.45, 7) is 3.43. The van der Waals surface area contributed by atoms with Gasteiger partial charge in [0.25, 0.3) is 0 Å². The standard InChI is InChI=1S/C10H20N4O4S/c1-3-19(17,18)14-6-4-13(5-7-14)8-9(15)12-10(16)11-2/h3-8H2,1-2H3,(H2,11,12,15,16). The molecule has 8 nitrogen and oxygen atoms in total. The Hall–Kier alpha value is -1.19. The van der Waals surface area contributed by atoms with Crippen molar-refractivity contribution in [2.45, 2.75) is 6.92 Å². The summed E-state index contributed by atoms with van der Waals surface area (Å²) in [7, 11) is -1.73. The van der Waals surface area contributed by atoms with E-state index in [2.05, 4.69) is 10.6 Å². The van der Waals surface area contributed by atoms with Crippen LogP contribution in [-0.4, -0.2) is 75.1 Å². The first-order valence-electron chi connectivity index (χ1n) is 6.10. The normalized spacial score (nSPS) is 18.0. The molecule has 3 amide bonds. The number of imide groups is 1. The molecule has 0 aliphatic carbocycles. The Kier molecular flexibility index (Phi) is 5.70. The highest BCUT2D eigenvalue weighted by molar-refractivity contribution is 7.89. The Morgan fingerprint density at radius 3 is 2.21 bits per heavy atom. The molecule has 0 atom stereocenters. The summed E-state index contributed by atoms with van der Waals surface area (Å²) < 4.78 is 24.7. The lowest BCUT2D eigenvalue weighted by Crippen LogP contribution is -2.52. The van der Waals surface area contributed by atoms with E-state index in [4.69, 9.17) is 0 Å². The van der Waals surface area contributed by atoms with Crippen molar-refractivity contribution in [3.8, 4) is 0 Å². The number of rotatable bonds is 4. The summed E-state index contributed by atoms with van der Waals surface area (Å²) in [6, 6.07) is -0.544.